The first kappa shape index (κ1) is 20.7. The Hall–Kier alpha value is -2.56. The molecule has 1 amide bonds. The van der Waals surface area contributed by atoms with Gasteiger partial charge in [-0.15, -0.1) is 10.2 Å². The molecule has 1 aromatic heterocycles. The predicted molar refractivity (Wildman–Crippen MR) is 92.1 cm³/mol. The fourth-order valence-electron chi connectivity index (χ4n) is 2.12. The van der Waals surface area contributed by atoms with E-state index in [0.717, 1.165) is 17.8 Å². The van der Waals surface area contributed by atoms with E-state index in [1.807, 2.05) is 0 Å². The molecule has 0 atom stereocenters. The highest BCUT2D eigenvalue weighted by molar-refractivity contribution is 7.99. The number of benzene rings is 1. The number of carbonyl (C=O) groups is 2. The second-order valence-corrected chi connectivity index (χ2v) is 6.26. The molecule has 1 aromatic carbocycles. The topological polar surface area (TPSA) is 86.1 Å². The fourth-order valence-corrected chi connectivity index (χ4v) is 2.85. The van der Waals surface area contributed by atoms with Gasteiger partial charge in [0.25, 0.3) is 0 Å². The number of aromatic nitrogens is 3. The molecule has 0 saturated heterocycles. The number of ether oxygens (including phenoxy) is 1. The molecule has 0 radical (unpaired) electrons. The molecule has 2 rings (SSSR count). The zero-order valence-electron chi connectivity index (χ0n) is 14.5. The van der Waals surface area contributed by atoms with Gasteiger partial charge in [0, 0.05) is 7.05 Å². The molecule has 0 spiro atoms. The molecular weight excluding hydrogens is 385 g/mol. The number of hydrogen-bond acceptors (Lipinski definition) is 6. The minimum Gasteiger partial charge on any atom is -0.466 e. The van der Waals surface area contributed by atoms with Gasteiger partial charge < -0.3 is 14.6 Å². The van der Waals surface area contributed by atoms with Crippen molar-refractivity contribution < 1.29 is 27.5 Å². The Labute approximate surface area is 157 Å². The van der Waals surface area contributed by atoms with Crippen LogP contribution in [-0.4, -0.2) is 39.0 Å². The lowest BCUT2D eigenvalue weighted by Gasteiger charge is -2.13. The van der Waals surface area contributed by atoms with Gasteiger partial charge in [-0.25, -0.2) is 0 Å². The number of nitrogens with zero attached hydrogens (tertiary/aromatic N) is 3. The first-order chi connectivity index (χ1) is 12.7. The number of anilines is 1. The lowest BCUT2D eigenvalue weighted by atomic mass is 10.1. The second kappa shape index (κ2) is 8.89. The van der Waals surface area contributed by atoms with Crippen molar-refractivity contribution in [3.63, 3.8) is 0 Å². The van der Waals surface area contributed by atoms with E-state index < -0.39 is 23.6 Å². The molecule has 27 heavy (non-hydrogen) atoms. The van der Waals surface area contributed by atoms with Gasteiger partial charge in [-0.05, 0) is 19.1 Å². The molecule has 0 saturated carbocycles. The van der Waals surface area contributed by atoms with E-state index in [1.165, 1.54) is 22.8 Å². The maximum Gasteiger partial charge on any atom is 0.418 e. The lowest BCUT2D eigenvalue weighted by Crippen LogP contribution is -2.18. The first-order valence-corrected chi connectivity index (χ1v) is 8.83. The summed E-state index contributed by atoms with van der Waals surface area (Å²) in [6.45, 7) is 1.93. The number of halogens is 3. The molecule has 11 heteroatoms. The van der Waals surface area contributed by atoms with Crippen molar-refractivity contribution in [2.24, 2.45) is 7.05 Å². The monoisotopic (exact) mass is 402 g/mol. The van der Waals surface area contributed by atoms with Gasteiger partial charge in [-0.2, -0.15) is 13.2 Å². The van der Waals surface area contributed by atoms with E-state index in [4.69, 9.17) is 4.74 Å². The van der Waals surface area contributed by atoms with Crippen molar-refractivity contribution in [1.29, 1.82) is 0 Å². The van der Waals surface area contributed by atoms with Crippen LogP contribution in [0.1, 0.15) is 18.3 Å². The number of rotatable bonds is 7. The summed E-state index contributed by atoms with van der Waals surface area (Å²) in [5.74, 6) is -0.881. The Kier molecular flexibility index (Phi) is 6.83. The third kappa shape index (κ3) is 5.71. The van der Waals surface area contributed by atoms with Gasteiger partial charge in [0.05, 0.1) is 23.6 Å². The molecule has 0 aliphatic rings. The lowest BCUT2D eigenvalue weighted by molar-refractivity contribution is -0.142. The molecular formula is C16H17F3N4O3S. The van der Waals surface area contributed by atoms with Gasteiger partial charge in [0.15, 0.2) is 5.16 Å². The van der Waals surface area contributed by atoms with Crippen molar-refractivity contribution in [3.8, 4) is 0 Å². The Morgan fingerprint density at radius 1 is 1.26 bits per heavy atom. The molecule has 0 bridgehead atoms. The van der Waals surface area contributed by atoms with Crippen molar-refractivity contribution in [1.82, 2.24) is 14.8 Å². The van der Waals surface area contributed by atoms with Crippen LogP contribution >= 0.6 is 11.8 Å². The molecule has 1 N–H and O–H groups in total. The molecule has 0 aliphatic heterocycles. The highest BCUT2D eigenvalue weighted by Gasteiger charge is 2.33. The average Bonchev–Trinajstić information content (AvgIpc) is 2.93. The summed E-state index contributed by atoms with van der Waals surface area (Å²) in [5, 5.41) is 10.3. The number of esters is 1. The summed E-state index contributed by atoms with van der Waals surface area (Å²) in [4.78, 5) is 23.5. The molecule has 0 fully saturated rings. The third-order valence-electron chi connectivity index (χ3n) is 3.37. The van der Waals surface area contributed by atoms with Crippen LogP contribution in [0.25, 0.3) is 0 Å². The van der Waals surface area contributed by atoms with Gasteiger partial charge >= 0.3 is 12.1 Å². The van der Waals surface area contributed by atoms with Crippen LogP contribution in [0.4, 0.5) is 18.9 Å². The van der Waals surface area contributed by atoms with Crippen LogP contribution in [0.3, 0.4) is 0 Å². The van der Waals surface area contributed by atoms with Crippen LogP contribution < -0.4 is 5.32 Å². The van der Waals surface area contributed by atoms with Crippen LogP contribution in [-0.2, 0) is 34.0 Å². The number of nitrogens with one attached hydrogen (secondary N) is 1. The van der Waals surface area contributed by atoms with Crippen LogP contribution in [0, 0.1) is 0 Å². The number of para-hydroxylation sites is 1. The van der Waals surface area contributed by atoms with E-state index in [-0.39, 0.29) is 24.5 Å². The van der Waals surface area contributed by atoms with E-state index in [2.05, 4.69) is 15.5 Å². The molecule has 7 nitrogen and oxygen atoms in total. The molecule has 146 valence electrons. The summed E-state index contributed by atoms with van der Waals surface area (Å²) in [6, 6.07) is 4.73. The van der Waals surface area contributed by atoms with Crippen molar-refractivity contribution >= 4 is 29.3 Å². The van der Waals surface area contributed by atoms with Crippen molar-refractivity contribution in [3.05, 3.63) is 35.7 Å². The molecule has 2 aromatic rings. The van der Waals surface area contributed by atoms with E-state index >= 15 is 0 Å². The Morgan fingerprint density at radius 3 is 2.63 bits per heavy atom. The summed E-state index contributed by atoms with van der Waals surface area (Å²) in [6.07, 6.45) is -4.63. The Bertz CT molecular complexity index is 823. The van der Waals surface area contributed by atoms with Crippen molar-refractivity contribution in [2.75, 3.05) is 17.7 Å². The normalized spacial score (nSPS) is 11.3. The van der Waals surface area contributed by atoms with Crippen molar-refractivity contribution in [2.45, 2.75) is 24.7 Å². The smallest absolute Gasteiger partial charge is 0.418 e. The number of carbonyl (C=O) groups excluding carboxylic acids is 2. The Balaban J connectivity index is 1.97. The summed E-state index contributed by atoms with van der Waals surface area (Å²) < 4.78 is 45.2. The SMILES string of the molecule is CCOC(=O)Cc1nnc(SCC(=O)Nc2ccccc2C(F)(F)F)n1C. The summed E-state index contributed by atoms with van der Waals surface area (Å²) >= 11 is 0.993. The van der Waals surface area contributed by atoms with Gasteiger partial charge in [0.2, 0.25) is 5.91 Å². The quantitative estimate of drug-likeness (QED) is 0.566. The summed E-state index contributed by atoms with van der Waals surface area (Å²) in [5.41, 5.74) is -1.23. The van der Waals surface area contributed by atoms with Gasteiger partial charge in [0.1, 0.15) is 12.2 Å². The summed E-state index contributed by atoms with van der Waals surface area (Å²) in [7, 11) is 1.62. The van der Waals surface area contributed by atoms with Crippen LogP contribution in [0.15, 0.2) is 29.4 Å². The average molecular weight is 402 g/mol. The first-order valence-electron chi connectivity index (χ1n) is 7.85. The second-order valence-electron chi connectivity index (χ2n) is 5.32. The third-order valence-corrected chi connectivity index (χ3v) is 4.39. The highest BCUT2D eigenvalue weighted by Crippen LogP contribution is 2.34. The van der Waals surface area contributed by atoms with Gasteiger partial charge in [-0.1, -0.05) is 23.9 Å². The minimum absolute atomic E-state index is 0.0664. The number of hydrogen-bond donors (Lipinski definition) is 1. The highest BCUT2D eigenvalue weighted by atomic mass is 32.2. The van der Waals surface area contributed by atoms with E-state index in [1.54, 1.807) is 14.0 Å². The molecule has 0 unspecified atom stereocenters. The Morgan fingerprint density at radius 2 is 1.96 bits per heavy atom. The predicted octanol–water partition coefficient (Wildman–Crippen LogP) is 2.67. The number of amides is 1. The zero-order valence-corrected chi connectivity index (χ0v) is 15.4. The minimum atomic E-state index is -4.57. The number of alkyl halides is 3. The van der Waals surface area contributed by atoms with E-state index in [9.17, 15) is 22.8 Å². The largest absolute Gasteiger partial charge is 0.466 e. The standard InChI is InChI=1S/C16H17F3N4O3S/c1-3-26-14(25)8-12-21-22-15(23(12)2)27-9-13(24)20-11-7-5-4-6-10(11)16(17,18)19/h4-7H,3,8-9H2,1-2H3,(H,20,24). The zero-order chi connectivity index (χ0) is 20.0. The molecule has 1 heterocycles. The maximum absolute atomic E-state index is 12.9. The van der Waals surface area contributed by atoms with E-state index in [0.29, 0.717) is 11.0 Å². The van der Waals surface area contributed by atoms with Crippen LogP contribution in [0.2, 0.25) is 0 Å². The van der Waals surface area contributed by atoms with Gasteiger partial charge in [-0.3, -0.25) is 9.59 Å². The molecule has 0 aliphatic carbocycles. The fraction of sp³-hybridized carbons (Fsp3) is 0.375. The maximum atomic E-state index is 12.9. The van der Waals surface area contributed by atoms with Crippen LogP contribution in [0.5, 0.6) is 0 Å². The number of thioether (sulfide) groups is 1.